The molecule has 0 spiro atoms. The predicted octanol–water partition coefficient (Wildman–Crippen LogP) is 0.583. The zero-order valence-corrected chi connectivity index (χ0v) is 7.63. The molecule has 0 saturated carbocycles. The second kappa shape index (κ2) is 3.13. The second-order valence-corrected chi connectivity index (χ2v) is 3.53. The highest BCUT2D eigenvalue weighted by atomic mass is 16.2. The molecule has 1 atom stereocenters. The lowest BCUT2D eigenvalue weighted by Crippen LogP contribution is -2.30. The first-order chi connectivity index (χ1) is 5.52. The van der Waals surface area contributed by atoms with Crippen LogP contribution in [-0.2, 0) is 4.79 Å². The molecule has 1 saturated heterocycles. The molecule has 0 bridgehead atoms. The monoisotopic (exact) mass is 170 g/mol. The van der Waals surface area contributed by atoms with Gasteiger partial charge in [-0.3, -0.25) is 9.69 Å². The van der Waals surface area contributed by atoms with Gasteiger partial charge in [0.25, 0.3) is 5.91 Å². The van der Waals surface area contributed by atoms with Crippen LogP contribution in [0.1, 0.15) is 20.3 Å². The summed E-state index contributed by atoms with van der Waals surface area (Å²) in [4.78, 5) is 23.4. The molecule has 1 N–H and O–H groups in total. The van der Waals surface area contributed by atoms with Crippen molar-refractivity contribution in [2.24, 2.45) is 5.92 Å². The Labute approximate surface area is 71.9 Å². The van der Waals surface area contributed by atoms with Crippen LogP contribution < -0.4 is 5.32 Å². The third-order valence-corrected chi connectivity index (χ3v) is 1.94. The van der Waals surface area contributed by atoms with Crippen LogP contribution in [0.5, 0.6) is 0 Å². The minimum Gasteiger partial charge on any atom is -0.326 e. The number of carbonyl (C=O) groups is 2. The van der Waals surface area contributed by atoms with Crippen molar-refractivity contribution in [1.82, 2.24) is 10.2 Å². The topological polar surface area (TPSA) is 49.4 Å². The molecule has 68 valence electrons. The first-order valence-corrected chi connectivity index (χ1v) is 4.10. The van der Waals surface area contributed by atoms with Crippen molar-refractivity contribution < 1.29 is 9.59 Å². The van der Waals surface area contributed by atoms with Gasteiger partial charge in [-0.2, -0.15) is 0 Å². The number of amides is 3. The minimum atomic E-state index is -0.303. The van der Waals surface area contributed by atoms with Crippen molar-refractivity contribution in [1.29, 1.82) is 0 Å². The van der Waals surface area contributed by atoms with Crippen LogP contribution in [0.3, 0.4) is 0 Å². The summed E-state index contributed by atoms with van der Waals surface area (Å²) in [7, 11) is 1.50. The van der Waals surface area contributed by atoms with Gasteiger partial charge in [0, 0.05) is 7.05 Å². The number of hydrogen-bond donors (Lipinski definition) is 1. The third-order valence-electron chi connectivity index (χ3n) is 1.94. The molecule has 1 rings (SSSR count). The van der Waals surface area contributed by atoms with Crippen molar-refractivity contribution >= 4 is 11.9 Å². The molecule has 0 aromatic carbocycles. The Morgan fingerprint density at radius 1 is 1.50 bits per heavy atom. The number of carbonyl (C=O) groups excluding carboxylic acids is 2. The molecule has 1 aliphatic heterocycles. The number of nitrogens with one attached hydrogen (secondary N) is 1. The van der Waals surface area contributed by atoms with E-state index in [2.05, 4.69) is 5.32 Å². The Morgan fingerprint density at radius 3 is 2.42 bits per heavy atom. The third kappa shape index (κ3) is 1.57. The molecule has 0 aromatic heterocycles. The Kier molecular flexibility index (Phi) is 2.35. The van der Waals surface area contributed by atoms with E-state index in [1.807, 2.05) is 13.8 Å². The molecule has 3 amide bonds. The average molecular weight is 170 g/mol. The van der Waals surface area contributed by atoms with Gasteiger partial charge in [-0.15, -0.1) is 0 Å². The molecular weight excluding hydrogens is 156 g/mol. The lowest BCUT2D eigenvalue weighted by atomic mass is 10.0. The van der Waals surface area contributed by atoms with Gasteiger partial charge in [0.05, 0.1) is 0 Å². The summed E-state index contributed by atoms with van der Waals surface area (Å²) in [6.07, 6.45) is 0.717. The fourth-order valence-corrected chi connectivity index (χ4v) is 1.27. The molecule has 1 unspecified atom stereocenters. The summed E-state index contributed by atoms with van der Waals surface area (Å²) in [5, 5.41) is 2.62. The second-order valence-electron chi connectivity index (χ2n) is 3.53. The van der Waals surface area contributed by atoms with Gasteiger partial charge in [-0.05, 0) is 12.3 Å². The predicted molar refractivity (Wildman–Crippen MR) is 44.5 cm³/mol. The molecule has 0 aliphatic carbocycles. The lowest BCUT2D eigenvalue weighted by molar-refractivity contribution is -0.126. The highest BCUT2D eigenvalue weighted by molar-refractivity contribution is 6.03. The lowest BCUT2D eigenvalue weighted by Gasteiger charge is -2.09. The Hall–Kier alpha value is -1.06. The van der Waals surface area contributed by atoms with E-state index in [0.717, 1.165) is 11.3 Å². The molecule has 4 nitrogen and oxygen atoms in total. The van der Waals surface area contributed by atoms with Gasteiger partial charge in [0.1, 0.15) is 6.04 Å². The average Bonchev–Trinajstić information content (AvgIpc) is 2.17. The van der Waals surface area contributed by atoms with Gasteiger partial charge >= 0.3 is 6.03 Å². The van der Waals surface area contributed by atoms with Gasteiger partial charge < -0.3 is 5.32 Å². The number of hydrogen-bond acceptors (Lipinski definition) is 2. The van der Waals surface area contributed by atoms with E-state index in [1.165, 1.54) is 7.05 Å². The van der Waals surface area contributed by atoms with Crippen molar-refractivity contribution in [3.8, 4) is 0 Å². The largest absolute Gasteiger partial charge is 0.326 e. The number of urea groups is 1. The van der Waals surface area contributed by atoms with E-state index < -0.39 is 0 Å². The van der Waals surface area contributed by atoms with Gasteiger partial charge in [0.15, 0.2) is 0 Å². The van der Waals surface area contributed by atoms with Crippen molar-refractivity contribution in [3.05, 3.63) is 0 Å². The van der Waals surface area contributed by atoms with Gasteiger partial charge in [-0.1, -0.05) is 13.8 Å². The molecule has 1 heterocycles. The van der Waals surface area contributed by atoms with Gasteiger partial charge in [-0.25, -0.2) is 4.79 Å². The fourth-order valence-electron chi connectivity index (χ4n) is 1.27. The van der Waals surface area contributed by atoms with Crippen molar-refractivity contribution in [2.45, 2.75) is 26.3 Å². The van der Waals surface area contributed by atoms with E-state index in [0.29, 0.717) is 5.92 Å². The summed E-state index contributed by atoms with van der Waals surface area (Å²) in [6.45, 7) is 4.05. The molecule has 0 radical (unpaired) electrons. The molecule has 1 aliphatic rings. The SMILES string of the molecule is CC(C)CC1NC(=O)N(C)C1=O. The Balaban J connectivity index is 2.59. The van der Waals surface area contributed by atoms with Crippen LogP contribution in [0.4, 0.5) is 4.79 Å². The van der Waals surface area contributed by atoms with Crippen LogP contribution in [0.2, 0.25) is 0 Å². The summed E-state index contributed by atoms with van der Waals surface area (Å²) in [6, 6.07) is -0.590. The highest BCUT2D eigenvalue weighted by Gasteiger charge is 2.35. The molecule has 0 aromatic rings. The van der Waals surface area contributed by atoms with E-state index in [4.69, 9.17) is 0 Å². The minimum absolute atomic E-state index is 0.117. The number of nitrogens with zero attached hydrogens (tertiary/aromatic N) is 1. The summed E-state index contributed by atoms with van der Waals surface area (Å²) in [5.74, 6) is 0.305. The number of rotatable bonds is 2. The first-order valence-electron chi connectivity index (χ1n) is 4.10. The summed E-state index contributed by atoms with van der Waals surface area (Å²) in [5.41, 5.74) is 0. The van der Waals surface area contributed by atoms with Crippen LogP contribution >= 0.6 is 0 Å². The summed E-state index contributed by atoms with van der Waals surface area (Å²) >= 11 is 0. The maximum atomic E-state index is 11.3. The smallest absolute Gasteiger partial charge is 0.324 e. The van der Waals surface area contributed by atoms with Crippen LogP contribution in [0, 0.1) is 5.92 Å². The van der Waals surface area contributed by atoms with E-state index >= 15 is 0 Å². The first kappa shape index (κ1) is 9.03. The molecule has 12 heavy (non-hydrogen) atoms. The van der Waals surface area contributed by atoms with Crippen LogP contribution in [0.25, 0.3) is 0 Å². The Morgan fingerprint density at radius 2 is 2.08 bits per heavy atom. The molecule has 1 fully saturated rings. The quantitative estimate of drug-likeness (QED) is 0.616. The molecule has 4 heteroatoms. The van der Waals surface area contributed by atoms with Crippen LogP contribution in [-0.4, -0.2) is 29.9 Å². The molecular formula is C8H14N2O2. The van der Waals surface area contributed by atoms with Crippen molar-refractivity contribution in [2.75, 3.05) is 7.05 Å². The summed E-state index contributed by atoms with van der Waals surface area (Å²) < 4.78 is 0. The highest BCUT2D eigenvalue weighted by Crippen LogP contribution is 2.12. The zero-order chi connectivity index (χ0) is 9.30. The van der Waals surface area contributed by atoms with Crippen LogP contribution in [0.15, 0.2) is 0 Å². The van der Waals surface area contributed by atoms with Crippen molar-refractivity contribution in [3.63, 3.8) is 0 Å². The number of likely N-dealkylation sites (N-methyl/N-ethyl adjacent to an activating group) is 1. The van der Waals surface area contributed by atoms with E-state index in [9.17, 15) is 9.59 Å². The van der Waals surface area contributed by atoms with E-state index in [-0.39, 0.29) is 18.0 Å². The Bertz CT molecular complexity index is 213. The standard InChI is InChI=1S/C8H14N2O2/c1-5(2)4-6-7(11)10(3)8(12)9-6/h5-6H,4H2,1-3H3,(H,9,12). The fraction of sp³-hybridized carbons (Fsp3) is 0.750. The van der Waals surface area contributed by atoms with Gasteiger partial charge in [0.2, 0.25) is 0 Å². The maximum Gasteiger partial charge on any atom is 0.324 e. The number of imide groups is 1. The maximum absolute atomic E-state index is 11.3. The zero-order valence-electron chi connectivity index (χ0n) is 7.63. The normalized spacial score (nSPS) is 23.7. The van der Waals surface area contributed by atoms with E-state index in [1.54, 1.807) is 0 Å².